The van der Waals surface area contributed by atoms with Gasteiger partial charge in [0.15, 0.2) is 0 Å². The zero-order chi connectivity index (χ0) is 16.6. The Morgan fingerprint density at radius 1 is 1.36 bits per heavy atom. The van der Waals surface area contributed by atoms with Gasteiger partial charge in [-0.25, -0.2) is 0 Å². The van der Waals surface area contributed by atoms with E-state index in [0.29, 0.717) is 4.88 Å². The van der Waals surface area contributed by atoms with Crippen molar-refractivity contribution in [3.05, 3.63) is 16.6 Å². The first-order chi connectivity index (χ1) is 10.2. The molecule has 0 atom stereocenters. The van der Waals surface area contributed by atoms with Crippen molar-refractivity contribution >= 4 is 33.4 Å². The quantitative estimate of drug-likeness (QED) is 0.918. The molecule has 0 unspecified atom stereocenters. The van der Waals surface area contributed by atoms with Crippen LogP contribution in [0.5, 0.6) is 0 Å². The van der Waals surface area contributed by atoms with E-state index in [2.05, 4.69) is 18.9 Å². The van der Waals surface area contributed by atoms with Crippen molar-refractivity contribution in [2.45, 2.75) is 39.7 Å². The summed E-state index contributed by atoms with van der Waals surface area (Å²) in [6.07, 6.45) is 0. The number of nitrogens with zero attached hydrogens (tertiary/aromatic N) is 3. The molecule has 0 spiro atoms. The van der Waals surface area contributed by atoms with Crippen molar-refractivity contribution in [3.63, 3.8) is 0 Å². The lowest BCUT2D eigenvalue weighted by atomic mass is 10.1. The van der Waals surface area contributed by atoms with Crippen LogP contribution in [0.3, 0.4) is 0 Å². The summed E-state index contributed by atoms with van der Waals surface area (Å²) in [4.78, 5) is 26.5. The summed E-state index contributed by atoms with van der Waals surface area (Å²) in [6.45, 7) is 7.46. The van der Waals surface area contributed by atoms with E-state index in [-0.39, 0.29) is 24.4 Å². The van der Waals surface area contributed by atoms with Gasteiger partial charge < -0.3 is 10.0 Å². The topological polar surface area (TPSA) is 75.4 Å². The minimum Gasteiger partial charge on any atom is -0.480 e. The van der Waals surface area contributed by atoms with Crippen LogP contribution in [-0.2, 0) is 11.8 Å². The van der Waals surface area contributed by atoms with E-state index in [1.54, 1.807) is 4.68 Å². The van der Waals surface area contributed by atoms with Crippen molar-refractivity contribution in [2.24, 2.45) is 7.05 Å². The SMILES string of the molecule is CC(C)c1nn(C)c2sc(C(=O)N(CC(=O)O)C(C)C)cc12. The maximum Gasteiger partial charge on any atom is 0.323 e. The first-order valence-electron chi connectivity index (χ1n) is 7.21. The van der Waals surface area contributed by atoms with Crippen molar-refractivity contribution in [1.82, 2.24) is 14.7 Å². The Kier molecular flexibility index (Phi) is 4.55. The number of aryl methyl sites for hydroxylation is 1. The number of aliphatic carboxylic acids is 1. The van der Waals surface area contributed by atoms with E-state index in [9.17, 15) is 9.59 Å². The summed E-state index contributed by atoms with van der Waals surface area (Å²) in [5.41, 5.74) is 0.960. The van der Waals surface area contributed by atoms with Crippen molar-refractivity contribution in [1.29, 1.82) is 0 Å². The molecular weight excluding hydrogens is 302 g/mol. The lowest BCUT2D eigenvalue weighted by molar-refractivity contribution is -0.138. The third-order valence-corrected chi connectivity index (χ3v) is 4.68. The Morgan fingerprint density at radius 3 is 2.50 bits per heavy atom. The summed E-state index contributed by atoms with van der Waals surface area (Å²) in [7, 11) is 1.86. The number of amides is 1. The number of carboxylic acid groups (broad SMARTS) is 1. The highest BCUT2D eigenvalue weighted by Gasteiger charge is 2.25. The first kappa shape index (κ1) is 16.5. The van der Waals surface area contributed by atoms with Crippen LogP contribution in [0, 0.1) is 0 Å². The second kappa shape index (κ2) is 6.08. The van der Waals surface area contributed by atoms with Gasteiger partial charge in [-0.1, -0.05) is 13.8 Å². The van der Waals surface area contributed by atoms with Gasteiger partial charge in [0.1, 0.15) is 11.4 Å². The van der Waals surface area contributed by atoms with Gasteiger partial charge in [0.05, 0.1) is 10.6 Å². The summed E-state index contributed by atoms with van der Waals surface area (Å²) in [6, 6.07) is 1.67. The molecule has 0 aliphatic heterocycles. The van der Waals surface area contributed by atoms with Crippen molar-refractivity contribution in [2.75, 3.05) is 6.54 Å². The van der Waals surface area contributed by atoms with Gasteiger partial charge in [-0.15, -0.1) is 11.3 Å². The summed E-state index contributed by atoms with van der Waals surface area (Å²) >= 11 is 1.36. The Balaban J connectivity index is 2.43. The third-order valence-electron chi connectivity index (χ3n) is 3.49. The predicted octanol–water partition coefficient (Wildman–Crippen LogP) is 2.69. The van der Waals surface area contributed by atoms with Crippen LogP contribution in [-0.4, -0.2) is 44.3 Å². The lowest BCUT2D eigenvalue weighted by Gasteiger charge is -2.24. The van der Waals surface area contributed by atoms with Crippen LogP contribution in [0.25, 0.3) is 10.2 Å². The standard InChI is InChI=1S/C15H21N3O3S/c1-8(2)13-10-6-11(22-15(10)17(5)16-13)14(21)18(9(3)4)7-12(19)20/h6,8-9H,7H2,1-5H3,(H,19,20). The van der Waals surface area contributed by atoms with Gasteiger partial charge in [-0.3, -0.25) is 14.3 Å². The second-order valence-electron chi connectivity index (χ2n) is 5.91. The number of thiophene rings is 1. The molecule has 0 aliphatic carbocycles. The van der Waals surface area contributed by atoms with Crippen LogP contribution in [0.2, 0.25) is 0 Å². The van der Waals surface area contributed by atoms with Crippen molar-refractivity contribution in [3.8, 4) is 0 Å². The molecule has 22 heavy (non-hydrogen) atoms. The van der Waals surface area contributed by atoms with Gasteiger partial charge in [0.25, 0.3) is 5.91 Å². The molecule has 120 valence electrons. The Hall–Kier alpha value is -1.89. The fourth-order valence-electron chi connectivity index (χ4n) is 2.37. The van der Waals surface area contributed by atoms with Gasteiger partial charge in [0.2, 0.25) is 0 Å². The van der Waals surface area contributed by atoms with Crippen molar-refractivity contribution < 1.29 is 14.7 Å². The minimum absolute atomic E-state index is 0.170. The molecule has 0 aromatic carbocycles. The maximum absolute atomic E-state index is 12.6. The zero-order valence-electron chi connectivity index (χ0n) is 13.5. The molecule has 0 fully saturated rings. The lowest BCUT2D eigenvalue weighted by Crippen LogP contribution is -2.40. The molecule has 0 aliphatic rings. The van der Waals surface area contributed by atoms with Crippen LogP contribution in [0.1, 0.15) is 49.0 Å². The molecule has 1 N–H and O–H groups in total. The first-order valence-corrected chi connectivity index (χ1v) is 8.03. The number of carboxylic acids is 1. The number of rotatable bonds is 5. The van der Waals surface area contributed by atoms with Gasteiger partial charge in [-0.2, -0.15) is 5.10 Å². The zero-order valence-corrected chi connectivity index (χ0v) is 14.3. The van der Waals surface area contributed by atoms with E-state index >= 15 is 0 Å². The van der Waals surface area contributed by atoms with Crippen LogP contribution >= 0.6 is 11.3 Å². The molecular formula is C15H21N3O3S. The molecule has 0 saturated carbocycles. The summed E-state index contributed by atoms with van der Waals surface area (Å²) in [5.74, 6) is -0.984. The van der Waals surface area contributed by atoms with Gasteiger partial charge in [0, 0.05) is 18.5 Å². The number of hydrogen-bond acceptors (Lipinski definition) is 4. The van der Waals surface area contributed by atoms with E-state index in [0.717, 1.165) is 15.9 Å². The molecule has 7 heteroatoms. The van der Waals surface area contributed by atoms with Gasteiger partial charge in [-0.05, 0) is 25.8 Å². The summed E-state index contributed by atoms with van der Waals surface area (Å²) in [5, 5.41) is 14.4. The smallest absolute Gasteiger partial charge is 0.323 e. The number of aromatic nitrogens is 2. The average Bonchev–Trinajstić information content (AvgIpc) is 2.95. The van der Waals surface area contributed by atoms with Crippen LogP contribution < -0.4 is 0 Å². The number of fused-ring (bicyclic) bond motifs is 1. The molecule has 0 saturated heterocycles. The fraction of sp³-hybridized carbons (Fsp3) is 0.533. The minimum atomic E-state index is -1.01. The number of hydrogen-bond donors (Lipinski definition) is 1. The highest BCUT2D eigenvalue weighted by Crippen LogP contribution is 2.32. The summed E-state index contributed by atoms with van der Waals surface area (Å²) < 4.78 is 1.78. The molecule has 0 bridgehead atoms. The monoisotopic (exact) mass is 323 g/mol. The Bertz CT molecular complexity index is 715. The molecule has 2 aromatic rings. The average molecular weight is 323 g/mol. The molecule has 0 radical (unpaired) electrons. The Morgan fingerprint density at radius 2 is 2.00 bits per heavy atom. The van der Waals surface area contributed by atoms with Gasteiger partial charge >= 0.3 is 5.97 Å². The second-order valence-corrected chi connectivity index (χ2v) is 6.94. The normalized spacial score (nSPS) is 11.6. The highest BCUT2D eigenvalue weighted by atomic mass is 32.1. The molecule has 2 aromatic heterocycles. The van der Waals surface area contributed by atoms with Crippen LogP contribution in [0.4, 0.5) is 0 Å². The maximum atomic E-state index is 12.6. The Labute approximate surface area is 133 Å². The van der Waals surface area contributed by atoms with E-state index < -0.39 is 5.97 Å². The number of carbonyl (C=O) groups is 2. The molecule has 1 amide bonds. The van der Waals surface area contributed by atoms with E-state index in [1.165, 1.54) is 16.2 Å². The van der Waals surface area contributed by atoms with E-state index in [4.69, 9.17) is 5.11 Å². The fourth-order valence-corrected chi connectivity index (χ4v) is 3.41. The third kappa shape index (κ3) is 2.99. The van der Waals surface area contributed by atoms with E-state index in [1.807, 2.05) is 27.0 Å². The molecule has 2 heterocycles. The largest absolute Gasteiger partial charge is 0.480 e. The molecule has 2 rings (SSSR count). The van der Waals surface area contributed by atoms with Crippen LogP contribution in [0.15, 0.2) is 6.07 Å². The highest BCUT2D eigenvalue weighted by molar-refractivity contribution is 7.20. The predicted molar refractivity (Wildman–Crippen MR) is 86.5 cm³/mol. The molecule has 6 nitrogen and oxygen atoms in total. The number of carbonyl (C=O) groups excluding carboxylic acids is 1.